The number of ether oxygens (including phenoxy) is 1. The van der Waals surface area contributed by atoms with Gasteiger partial charge in [0.25, 0.3) is 0 Å². The molecule has 0 spiro atoms. The normalized spacial score (nSPS) is 12.1. The van der Waals surface area contributed by atoms with Crippen molar-refractivity contribution in [3.05, 3.63) is 35.9 Å². The van der Waals surface area contributed by atoms with Crippen molar-refractivity contribution >= 4 is 5.97 Å². The molecule has 0 saturated carbocycles. The Morgan fingerprint density at radius 2 is 1.37 bits per heavy atom. The van der Waals surface area contributed by atoms with Crippen LogP contribution in [0, 0.1) is 5.92 Å². The Balaban J connectivity index is 2.25. The monoisotopic (exact) mass is 374 g/mol. The summed E-state index contributed by atoms with van der Waals surface area (Å²) in [5, 5.41) is 0. The summed E-state index contributed by atoms with van der Waals surface area (Å²) in [6.45, 7) is 5.13. The van der Waals surface area contributed by atoms with E-state index in [1.54, 1.807) is 0 Å². The van der Waals surface area contributed by atoms with Crippen LogP contribution in [0.4, 0.5) is 0 Å². The molecular formula is C25H42O2. The van der Waals surface area contributed by atoms with Crippen molar-refractivity contribution in [2.75, 3.05) is 6.61 Å². The summed E-state index contributed by atoms with van der Waals surface area (Å²) in [5.74, 6) is 0.508. The van der Waals surface area contributed by atoms with Gasteiger partial charge in [-0.15, -0.1) is 0 Å². The maximum Gasteiger partial charge on any atom is 0.306 e. The van der Waals surface area contributed by atoms with Crippen molar-refractivity contribution in [1.29, 1.82) is 0 Å². The second kappa shape index (κ2) is 16.8. The van der Waals surface area contributed by atoms with Crippen LogP contribution >= 0.6 is 0 Å². The zero-order valence-corrected chi connectivity index (χ0v) is 17.9. The average molecular weight is 375 g/mol. The molecule has 0 aromatic heterocycles. The third-order valence-electron chi connectivity index (χ3n) is 5.37. The molecule has 0 radical (unpaired) electrons. The van der Waals surface area contributed by atoms with Gasteiger partial charge in [0, 0.05) is 6.42 Å². The van der Waals surface area contributed by atoms with Crippen LogP contribution in [0.3, 0.4) is 0 Å². The van der Waals surface area contributed by atoms with Crippen LogP contribution < -0.4 is 0 Å². The molecule has 1 unspecified atom stereocenters. The zero-order chi connectivity index (χ0) is 19.6. The van der Waals surface area contributed by atoms with E-state index in [2.05, 4.69) is 26.0 Å². The van der Waals surface area contributed by atoms with E-state index in [0.29, 0.717) is 18.9 Å². The van der Waals surface area contributed by atoms with Gasteiger partial charge in [-0.05, 0) is 30.7 Å². The number of unbranched alkanes of at least 4 members (excludes halogenated alkanes) is 8. The molecular weight excluding hydrogens is 332 g/mol. The molecule has 0 heterocycles. The molecule has 154 valence electrons. The topological polar surface area (TPSA) is 26.3 Å². The van der Waals surface area contributed by atoms with Crippen molar-refractivity contribution in [2.24, 2.45) is 5.92 Å². The molecule has 0 amide bonds. The summed E-state index contributed by atoms with van der Waals surface area (Å²) >= 11 is 0. The molecule has 1 aromatic rings. The summed E-state index contributed by atoms with van der Waals surface area (Å²) in [7, 11) is 0. The fourth-order valence-electron chi connectivity index (χ4n) is 3.56. The Morgan fingerprint density at radius 1 is 0.815 bits per heavy atom. The summed E-state index contributed by atoms with van der Waals surface area (Å²) in [4.78, 5) is 12.1. The minimum atomic E-state index is -0.0413. The lowest BCUT2D eigenvalue weighted by atomic mass is 9.95. The molecule has 0 bridgehead atoms. The molecule has 0 aliphatic carbocycles. The summed E-state index contributed by atoms with van der Waals surface area (Å²) < 4.78 is 5.64. The molecule has 0 saturated heterocycles. The molecule has 1 atom stereocenters. The van der Waals surface area contributed by atoms with Gasteiger partial charge in [-0.25, -0.2) is 0 Å². The van der Waals surface area contributed by atoms with Crippen LogP contribution in [-0.2, 0) is 16.0 Å². The predicted octanol–water partition coefficient (Wildman–Crippen LogP) is 7.50. The highest BCUT2D eigenvalue weighted by molar-refractivity contribution is 5.69. The van der Waals surface area contributed by atoms with Gasteiger partial charge >= 0.3 is 5.97 Å². The Hall–Kier alpha value is -1.31. The molecule has 0 N–H and O–H groups in total. The molecule has 2 nitrogen and oxygen atoms in total. The molecule has 0 aliphatic heterocycles. The number of aryl methyl sites for hydroxylation is 1. The number of rotatable bonds is 17. The Morgan fingerprint density at radius 3 is 2.00 bits per heavy atom. The van der Waals surface area contributed by atoms with Gasteiger partial charge in [-0.2, -0.15) is 0 Å². The maximum absolute atomic E-state index is 12.1. The zero-order valence-electron chi connectivity index (χ0n) is 17.9. The summed E-state index contributed by atoms with van der Waals surface area (Å²) in [5.41, 5.74) is 1.21. The molecule has 1 aromatic carbocycles. The standard InChI is InChI=1S/C25H42O2/c1-3-5-7-9-10-13-19-24(18-12-8-6-4-2)22-27-25(26)21-20-23-16-14-11-15-17-23/h11,14-17,24H,3-10,12-13,18-22H2,1-2H3. The minimum absolute atomic E-state index is 0.0413. The van der Waals surface area contributed by atoms with Crippen LogP contribution in [0.1, 0.15) is 103 Å². The average Bonchev–Trinajstić information content (AvgIpc) is 2.70. The van der Waals surface area contributed by atoms with Gasteiger partial charge < -0.3 is 4.74 Å². The minimum Gasteiger partial charge on any atom is -0.465 e. The summed E-state index contributed by atoms with van der Waals surface area (Å²) in [6.07, 6.45) is 16.9. The number of carbonyl (C=O) groups excluding carboxylic acids is 1. The van der Waals surface area contributed by atoms with E-state index >= 15 is 0 Å². The Labute approximate surface area is 168 Å². The van der Waals surface area contributed by atoms with Crippen molar-refractivity contribution in [3.63, 3.8) is 0 Å². The lowest BCUT2D eigenvalue weighted by Gasteiger charge is -2.17. The van der Waals surface area contributed by atoms with Gasteiger partial charge in [0.15, 0.2) is 0 Å². The first-order valence-electron chi connectivity index (χ1n) is 11.5. The van der Waals surface area contributed by atoms with Crippen molar-refractivity contribution < 1.29 is 9.53 Å². The first-order valence-corrected chi connectivity index (χ1v) is 11.5. The Bertz CT molecular complexity index is 455. The number of esters is 1. The fraction of sp³-hybridized carbons (Fsp3) is 0.720. The van der Waals surface area contributed by atoms with Gasteiger partial charge in [0.2, 0.25) is 0 Å². The lowest BCUT2D eigenvalue weighted by molar-refractivity contribution is -0.145. The quantitative estimate of drug-likeness (QED) is 0.208. The van der Waals surface area contributed by atoms with E-state index in [9.17, 15) is 4.79 Å². The largest absolute Gasteiger partial charge is 0.465 e. The van der Waals surface area contributed by atoms with Gasteiger partial charge in [0.05, 0.1) is 6.61 Å². The number of hydrogen-bond acceptors (Lipinski definition) is 2. The first-order chi connectivity index (χ1) is 13.3. The van der Waals surface area contributed by atoms with E-state index < -0.39 is 0 Å². The van der Waals surface area contributed by atoms with Crippen molar-refractivity contribution in [3.8, 4) is 0 Å². The van der Waals surface area contributed by atoms with E-state index in [-0.39, 0.29) is 5.97 Å². The SMILES string of the molecule is CCCCCCCCC(CCCCCC)COC(=O)CCc1ccccc1. The number of carbonyl (C=O) groups is 1. The van der Waals surface area contributed by atoms with E-state index in [1.807, 2.05) is 18.2 Å². The highest BCUT2D eigenvalue weighted by atomic mass is 16.5. The predicted molar refractivity (Wildman–Crippen MR) is 116 cm³/mol. The maximum atomic E-state index is 12.1. The second-order valence-electron chi connectivity index (χ2n) is 7.94. The van der Waals surface area contributed by atoms with Gasteiger partial charge in [-0.3, -0.25) is 4.79 Å². The van der Waals surface area contributed by atoms with Crippen LogP contribution in [0.5, 0.6) is 0 Å². The fourth-order valence-corrected chi connectivity index (χ4v) is 3.56. The van der Waals surface area contributed by atoms with Crippen molar-refractivity contribution in [2.45, 2.75) is 104 Å². The highest BCUT2D eigenvalue weighted by Crippen LogP contribution is 2.19. The van der Waals surface area contributed by atoms with Crippen LogP contribution in [0.15, 0.2) is 30.3 Å². The second-order valence-corrected chi connectivity index (χ2v) is 7.94. The molecule has 0 aliphatic rings. The number of benzene rings is 1. The van der Waals surface area contributed by atoms with E-state index in [0.717, 1.165) is 6.42 Å². The molecule has 27 heavy (non-hydrogen) atoms. The van der Waals surface area contributed by atoms with Crippen LogP contribution in [0.2, 0.25) is 0 Å². The lowest BCUT2D eigenvalue weighted by Crippen LogP contribution is -2.15. The van der Waals surface area contributed by atoms with E-state index in [4.69, 9.17) is 4.74 Å². The molecule has 1 rings (SSSR count). The summed E-state index contributed by atoms with van der Waals surface area (Å²) in [6, 6.07) is 10.2. The third-order valence-corrected chi connectivity index (χ3v) is 5.37. The Kier molecular flexibility index (Phi) is 14.8. The molecule has 2 heteroatoms. The molecule has 0 fully saturated rings. The first kappa shape index (κ1) is 23.7. The van der Waals surface area contributed by atoms with E-state index in [1.165, 1.54) is 82.6 Å². The third kappa shape index (κ3) is 13.5. The smallest absolute Gasteiger partial charge is 0.306 e. The number of hydrogen-bond donors (Lipinski definition) is 0. The van der Waals surface area contributed by atoms with Gasteiger partial charge in [-0.1, -0.05) is 108 Å². The van der Waals surface area contributed by atoms with Crippen molar-refractivity contribution in [1.82, 2.24) is 0 Å². The van der Waals surface area contributed by atoms with Gasteiger partial charge in [0.1, 0.15) is 0 Å². The van der Waals surface area contributed by atoms with Crippen LogP contribution in [-0.4, -0.2) is 12.6 Å². The highest BCUT2D eigenvalue weighted by Gasteiger charge is 2.12. The van der Waals surface area contributed by atoms with Crippen LogP contribution in [0.25, 0.3) is 0 Å².